The zero-order valence-corrected chi connectivity index (χ0v) is 77.8. The van der Waals surface area contributed by atoms with Gasteiger partial charge in [0.1, 0.15) is 0 Å². The van der Waals surface area contributed by atoms with E-state index in [9.17, 15) is 0 Å². The summed E-state index contributed by atoms with van der Waals surface area (Å²) in [7, 11) is 0. The highest BCUT2D eigenvalue weighted by molar-refractivity contribution is 6.07. The first-order valence-electron chi connectivity index (χ1n) is 49.2. The Morgan fingerprint density at radius 3 is 0.881 bits per heavy atom. The highest BCUT2D eigenvalue weighted by atomic mass is 14.3. The lowest BCUT2D eigenvalue weighted by molar-refractivity contribution is 0.897. The van der Waals surface area contributed by atoms with E-state index in [-0.39, 0.29) is 0 Å². The number of benzene rings is 18. The van der Waals surface area contributed by atoms with Gasteiger partial charge in [0.2, 0.25) is 0 Å². The topological polar surface area (TPSA) is 0 Å². The van der Waals surface area contributed by atoms with Crippen LogP contribution in [0.15, 0.2) is 436 Å². The molecule has 0 radical (unpaired) electrons. The maximum absolute atomic E-state index is 2.48. The first-order valence-corrected chi connectivity index (χ1v) is 49.2. The molecule has 0 saturated heterocycles. The second-order valence-electron chi connectivity index (χ2n) is 36.9. The standard InChI is InChI=1S/C15H14.C15H12.C14H12.C14H10.C14H12.C14H10.C13H10.C12H14.C12H10.C8H8.C3H8/c2*1-3-7-14-11-15-8-4-2-6-13(15)10-9-12(14)5-1;2*1-3-7-13-11(5-1)9-10-12-6-2-4-8-14(12)13;2*1-2-6-12-10-14-8-4-3-7-13(14)9-11(12)5-1;1-3-7-12-10(5-1)9-11-6-2-4-8-13(11)12;2*1-3-9-7-11-5-2-6-12(11)8-10(9)4-1;1-3-7-5-2-6-8(7)4-1;1-3-2/h1-8H,9-11H2;1-10H,11H2;1-8H,9-10H2;1-10H;1-8H,9-10H2;1-10H;1-8H,9H2;7-8H,1-6H2;1-3,6-8H,4-5H2;1-5,7H,6H2;3H2,1-2H3. The molecular weight excluding hydrogens is 1610 g/mol. The second kappa shape index (κ2) is 43.7. The largest absolute Gasteiger partial charge is 0.0835 e. The van der Waals surface area contributed by atoms with Crippen LogP contribution < -0.4 is 0 Å². The predicted molar refractivity (Wildman–Crippen MR) is 576 cm³/mol. The molecule has 656 valence electrons. The molecule has 29 rings (SSSR count). The Labute approximate surface area is 795 Å². The van der Waals surface area contributed by atoms with Crippen molar-refractivity contribution < 1.29 is 0 Å². The number of fused-ring (bicyclic) bond motifs is 22. The van der Waals surface area contributed by atoms with E-state index in [1.165, 1.54) is 254 Å². The van der Waals surface area contributed by atoms with Crippen molar-refractivity contribution in [2.75, 3.05) is 0 Å². The summed E-state index contributed by atoms with van der Waals surface area (Å²) in [5.74, 6) is 0.676. The summed E-state index contributed by atoms with van der Waals surface area (Å²) in [5.41, 5.74) is 43.1. The van der Waals surface area contributed by atoms with Gasteiger partial charge in [-0.1, -0.05) is 469 Å². The van der Waals surface area contributed by atoms with Crippen LogP contribution in [-0.2, 0) is 96.3 Å². The molecule has 0 aromatic heterocycles. The van der Waals surface area contributed by atoms with Gasteiger partial charge >= 0.3 is 0 Å². The maximum atomic E-state index is 2.48. The Balaban J connectivity index is 0.0000000957. The van der Waals surface area contributed by atoms with Gasteiger partial charge in [-0.2, -0.15) is 0 Å². The monoisotopic (exact) mass is 1730 g/mol. The molecule has 1 atom stereocenters. The third-order valence-corrected chi connectivity index (χ3v) is 27.9. The molecule has 0 N–H and O–H groups in total. The summed E-state index contributed by atoms with van der Waals surface area (Å²) in [6.45, 7) is 4.25. The van der Waals surface area contributed by atoms with E-state index >= 15 is 0 Å². The summed E-state index contributed by atoms with van der Waals surface area (Å²) in [5, 5.41) is 10.5. The van der Waals surface area contributed by atoms with Crippen molar-refractivity contribution >= 4 is 67.4 Å². The Morgan fingerprint density at radius 2 is 0.493 bits per heavy atom. The van der Waals surface area contributed by atoms with Crippen LogP contribution in [0, 0.1) is 5.92 Å². The fourth-order valence-electron chi connectivity index (χ4n) is 20.9. The number of allylic oxidation sites excluding steroid dienone is 8. The molecule has 0 bridgehead atoms. The number of hydrogen-bond donors (Lipinski definition) is 0. The van der Waals surface area contributed by atoms with Crippen LogP contribution in [0.25, 0.3) is 89.6 Å². The lowest BCUT2D eigenvalue weighted by atomic mass is 9.86. The Hall–Kier alpha value is -14.6. The quantitative estimate of drug-likeness (QED) is 0.0806. The fraction of sp³-hybridized carbons (Fsp3) is 0.164. The molecule has 0 aliphatic heterocycles. The van der Waals surface area contributed by atoms with E-state index in [0.717, 1.165) is 44.9 Å². The Kier molecular flexibility index (Phi) is 28.9. The van der Waals surface area contributed by atoms with Crippen LogP contribution in [0.1, 0.15) is 173 Å². The highest BCUT2D eigenvalue weighted by Crippen LogP contribution is 2.39. The average Bonchev–Trinajstić information content (AvgIpc) is 1.01. The zero-order chi connectivity index (χ0) is 90.4. The van der Waals surface area contributed by atoms with Crippen LogP contribution in [-0.4, -0.2) is 0 Å². The van der Waals surface area contributed by atoms with Gasteiger partial charge < -0.3 is 0 Å². The van der Waals surface area contributed by atoms with Crippen LogP contribution >= 0.6 is 0 Å². The van der Waals surface area contributed by atoms with Crippen molar-refractivity contribution in [2.24, 2.45) is 5.92 Å². The van der Waals surface area contributed by atoms with Gasteiger partial charge in [-0.15, -0.1) is 0 Å². The van der Waals surface area contributed by atoms with Gasteiger partial charge in [-0.05, 0) is 327 Å². The molecule has 0 heteroatoms. The molecule has 0 heterocycles. The molecule has 0 fully saturated rings. The number of aryl methyl sites for hydroxylation is 8. The lowest BCUT2D eigenvalue weighted by Gasteiger charge is -2.19. The normalized spacial score (nSPS) is 14.4. The SMILES string of the molecule is C1=CC2C=CCC2=C1.C1=Cc2cc3c(cc2C1)C=CC3.C1=Cc2ccccc2Cc2ccccc21.CCC.c1c2c(cc3c1CCC3)CCC2.c1ccc2c(c1)CCc1ccccc1-2.c1ccc2c(c1)CCc1ccccc1C2.c1ccc2c(c1)Cc1ccccc1-2.c1ccc2c(c1)Cc1ccccc1C2.c1ccc2c(c1)ccc1ccccc12.c1ccc2cc3ccccc3cc2c1. The van der Waals surface area contributed by atoms with Gasteiger partial charge in [-0.25, -0.2) is 0 Å². The van der Waals surface area contributed by atoms with Crippen molar-refractivity contribution in [3.8, 4) is 22.3 Å². The predicted octanol–water partition coefficient (Wildman–Crippen LogP) is 34.0. The van der Waals surface area contributed by atoms with Gasteiger partial charge in [0.25, 0.3) is 0 Å². The van der Waals surface area contributed by atoms with Crippen molar-refractivity contribution in [2.45, 2.75) is 136 Å². The smallest absolute Gasteiger partial charge is 0.0166 e. The summed E-state index contributed by atoms with van der Waals surface area (Å²) in [4.78, 5) is 0. The van der Waals surface area contributed by atoms with Crippen LogP contribution in [0.2, 0.25) is 0 Å². The Bertz CT molecular complexity index is 6840. The van der Waals surface area contributed by atoms with Crippen molar-refractivity contribution in [3.63, 3.8) is 0 Å². The average molecular weight is 1730 g/mol. The van der Waals surface area contributed by atoms with E-state index in [0.29, 0.717) is 5.92 Å². The third kappa shape index (κ3) is 21.6. The lowest BCUT2D eigenvalue weighted by Crippen LogP contribution is -2.06. The summed E-state index contributed by atoms with van der Waals surface area (Å²) < 4.78 is 0. The van der Waals surface area contributed by atoms with Crippen molar-refractivity contribution in [1.82, 2.24) is 0 Å². The number of hydrogen-bond acceptors (Lipinski definition) is 0. The molecule has 18 aromatic carbocycles. The molecule has 134 heavy (non-hydrogen) atoms. The highest BCUT2D eigenvalue weighted by Gasteiger charge is 2.22. The van der Waals surface area contributed by atoms with Crippen LogP contribution in [0.5, 0.6) is 0 Å². The number of rotatable bonds is 0. The van der Waals surface area contributed by atoms with E-state index in [1.807, 2.05) is 0 Å². The summed E-state index contributed by atoms with van der Waals surface area (Å²) >= 11 is 0. The first kappa shape index (κ1) is 88.7. The fourth-order valence-corrected chi connectivity index (χ4v) is 20.9. The van der Waals surface area contributed by atoms with Crippen molar-refractivity contribution in [3.05, 3.63) is 570 Å². The van der Waals surface area contributed by atoms with E-state index in [2.05, 4.69) is 469 Å². The second-order valence-corrected chi connectivity index (χ2v) is 36.9. The molecule has 1 unspecified atom stereocenters. The summed E-state index contributed by atoms with van der Waals surface area (Å²) in [6.07, 6.45) is 47.4. The first-order chi connectivity index (χ1) is 66.3. The van der Waals surface area contributed by atoms with Gasteiger partial charge in [0.05, 0.1) is 0 Å². The minimum Gasteiger partial charge on any atom is -0.0835 e. The molecule has 18 aromatic rings. The molecule has 11 aliphatic carbocycles. The molecule has 0 amide bonds. The van der Waals surface area contributed by atoms with Gasteiger partial charge in [-0.3, -0.25) is 0 Å². The summed E-state index contributed by atoms with van der Waals surface area (Å²) in [6, 6.07) is 139. The zero-order valence-electron chi connectivity index (χ0n) is 77.8. The maximum Gasteiger partial charge on any atom is 0.0166 e. The molecule has 0 spiro atoms. The minimum atomic E-state index is 0.676. The molecular formula is C134H120. The molecule has 11 aliphatic rings. The van der Waals surface area contributed by atoms with E-state index in [4.69, 9.17) is 0 Å². The van der Waals surface area contributed by atoms with Crippen LogP contribution in [0.4, 0.5) is 0 Å². The van der Waals surface area contributed by atoms with E-state index in [1.54, 1.807) is 27.8 Å². The minimum absolute atomic E-state index is 0.676. The molecule has 0 nitrogen and oxygen atoms in total. The van der Waals surface area contributed by atoms with E-state index < -0.39 is 0 Å². The molecule has 0 saturated carbocycles. The van der Waals surface area contributed by atoms with Crippen molar-refractivity contribution in [1.29, 1.82) is 0 Å². The van der Waals surface area contributed by atoms with Gasteiger partial charge in [0, 0.05) is 5.92 Å². The van der Waals surface area contributed by atoms with Crippen LogP contribution in [0.3, 0.4) is 0 Å². The third-order valence-electron chi connectivity index (χ3n) is 27.9. The van der Waals surface area contributed by atoms with Gasteiger partial charge in [0.15, 0.2) is 0 Å². The Morgan fingerprint density at radius 1 is 0.201 bits per heavy atom.